The number of benzene rings is 1. The number of halogens is 4. The molecule has 0 aliphatic rings. The molecule has 0 fully saturated rings. The Balaban J connectivity index is 2.58. The average Bonchev–Trinajstić information content (AvgIpc) is 2.45. The summed E-state index contributed by atoms with van der Waals surface area (Å²) in [4.78, 5) is 17.9. The number of carbonyl (C=O) groups is 1. The summed E-state index contributed by atoms with van der Waals surface area (Å²) in [5.41, 5.74) is 5.79. The molecule has 0 saturated carbocycles. The van der Waals surface area contributed by atoms with Gasteiger partial charge >= 0.3 is 6.18 Å². The van der Waals surface area contributed by atoms with Gasteiger partial charge in [0, 0.05) is 18.0 Å². The van der Waals surface area contributed by atoms with E-state index >= 15 is 0 Å². The number of amides is 1. The van der Waals surface area contributed by atoms with E-state index < -0.39 is 23.7 Å². The van der Waals surface area contributed by atoms with E-state index in [0.29, 0.717) is 11.1 Å². The van der Waals surface area contributed by atoms with Crippen LogP contribution in [0.3, 0.4) is 0 Å². The molecule has 0 saturated heterocycles. The monoisotopic (exact) mass is 313 g/mol. The molecule has 4 nitrogen and oxygen atoms in total. The molecule has 1 amide bonds. The van der Waals surface area contributed by atoms with E-state index in [1.54, 1.807) is 6.92 Å². The Bertz CT molecular complexity index is 711. The van der Waals surface area contributed by atoms with Gasteiger partial charge in [-0.3, -0.25) is 4.79 Å². The van der Waals surface area contributed by atoms with Gasteiger partial charge in [-0.25, -0.2) is 14.4 Å². The van der Waals surface area contributed by atoms with Crippen molar-refractivity contribution in [1.29, 1.82) is 0 Å². The van der Waals surface area contributed by atoms with Crippen LogP contribution in [0.4, 0.5) is 17.6 Å². The van der Waals surface area contributed by atoms with Crippen LogP contribution in [0.2, 0.25) is 0 Å². The highest BCUT2D eigenvalue weighted by atomic mass is 19.4. The number of hydrogen-bond acceptors (Lipinski definition) is 3. The van der Waals surface area contributed by atoms with Crippen molar-refractivity contribution in [2.24, 2.45) is 5.73 Å². The number of aromatic nitrogens is 2. The molecule has 1 heterocycles. The molecule has 0 bridgehead atoms. The first-order valence-electron chi connectivity index (χ1n) is 6.26. The van der Waals surface area contributed by atoms with Crippen LogP contribution in [0.1, 0.15) is 28.7 Å². The van der Waals surface area contributed by atoms with Crippen molar-refractivity contribution in [1.82, 2.24) is 9.97 Å². The highest BCUT2D eigenvalue weighted by Crippen LogP contribution is 2.30. The standard InChI is InChI=1S/C14H11F4N3O/c1-2-8-9(3-4-10(15)11(8)12(19)22)7-5-20-13(21-6-7)14(16,17)18/h3-6H,2H2,1H3,(H2,19,22). The lowest BCUT2D eigenvalue weighted by molar-refractivity contribution is -0.144. The summed E-state index contributed by atoms with van der Waals surface area (Å²) >= 11 is 0. The first kappa shape index (κ1) is 15.9. The summed E-state index contributed by atoms with van der Waals surface area (Å²) in [5.74, 6) is -2.99. The lowest BCUT2D eigenvalue weighted by Gasteiger charge is -2.13. The van der Waals surface area contributed by atoms with Gasteiger partial charge in [0.15, 0.2) is 0 Å². The van der Waals surface area contributed by atoms with Crippen LogP contribution in [-0.2, 0) is 12.6 Å². The Labute approximate surface area is 123 Å². The largest absolute Gasteiger partial charge is 0.451 e. The first-order valence-corrected chi connectivity index (χ1v) is 6.26. The summed E-state index contributed by atoms with van der Waals surface area (Å²) < 4.78 is 51.1. The van der Waals surface area contributed by atoms with E-state index in [-0.39, 0.29) is 17.5 Å². The SMILES string of the molecule is CCc1c(-c2cnc(C(F)(F)F)nc2)ccc(F)c1C(N)=O. The second-order valence-corrected chi connectivity index (χ2v) is 4.46. The predicted octanol–water partition coefficient (Wildman–Crippen LogP) is 2.96. The normalized spacial score (nSPS) is 11.5. The number of hydrogen-bond donors (Lipinski definition) is 1. The summed E-state index contributed by atoms with van der Waals surface area (Å²) in [6.45, 7) is 1.68. The van der Waals surface area contributed by atoms with Gasteiger partial charge in [-0.2, -0.15) is 13.2 Å². The Morgan fingerprint density at radius 3 is 2.27 bits per heavy atom. The Morgan fingerprint density at radius 2 is 1.82 bits per heavy atom. The van der Waals surface area contributed by atoms with Crippen molar-refractivity contribution in [3.05, 3.63) is 47.3 Å². The van der Waals surface area contributed by atoms with Gasteiger partial charge in [0.05, 0.1) is 5.56 Å². The van der Waals surface area contributed by atoms with Gasteiger partial charge in [0.2, 0.25) is 5.82 Å². The predicted molar refractivity (Wildman–Crippen MR) is 70.3 cm³/mol. The molecule has 116 valence electrons. The van der Waals surface area contributed by atoms with Crippen LogP contribution in [0, 0.1) is 5.82 Å². The third-order valence-electron chi connectivity index (χ3n) is 3.08. The van der Waals surface area contributed by atoms with Crippen molar-refractivity contribution >= 4 is 5.91 Å². The molecule has 0 aliphatic carbocycles. The lowest BCUT2D eigenvalue weighted by atomic mass is 9.94. The molecule has 2 N–H and O–H groups in total. The fourth-order valence-electron chi connectivity index (χ4n) is 2.14. The van der Waals surface area contributed by atoms with Gasteiger partial charge in [0.25, 0.3) is 5.91 Å². The van der Waals surface area contributed by atoms with Crippen molar-refractivity contribution in [3.63, 3.8) is 0 Å². The molecular weight excluding hydrogens is 302 g/mol. The highest BCUT2D eigenvalue weighted by molar-refractivity contribution is 5.96. The smallest absolute Gasteiger partial charge is 0.365 e. The minimum atomic E-state index is -4.65. The van der Waals surface area contributed by atoms with E-state index in [4.69, 9.17) is 5.73 Å². The fourth-order valence-corrected chi connectivity index (χ4v) is 2.14. The quantitative estimate of drug-likeness (QED) is 0.886. The molecule has 1 aromatic carbocycles. The van der Waals surface area contributed by atoms with Crippen molar-refractivity contribution in [3.8, 4) is 11.1 Å². The van der Waals surface area contributed by atoms with Crippen molar-refractivity contribution in [2.45, 2.75) is 19.5 Å². The maximum absolute atomic E-state index is 13.7. The van der Waals surface area contributed by atoms with E-state index in [1.807, 2.05) is 0 Å². The third-order valence-corrected chi connectivity index (χ3v) is 3.08. The van der Waals surface area contributed by atoms with Crippen molar-refractivity contribution < 1.29 is 22.4 Å². The van der Waals surface area contributed by atoms with Crippen LogP contribution in [0.15, 0.2) is 24.5 Å². The number of primary amides is 1. The molecule has 8 heteroatoms. The van der Waals surface area contributed by atoms with E-state index in [0.717, 1.165) is 18.5 Å². The molecule has 0 aliphatic heterocycles. The fraction of sp³-hybridized carbons (Fsp3) is 0.214. The van der Waals surface area contributed by atoms with E-state index in [2.05, 4.69) is 9.97 Å². The van der Waals surface area contributed by atoms with Crippen LogP contribution in [-0.4, -0.2) is 15.9 Å². The molecule has 2 rings (SSSR count). The van der Waals surface area contributed by atoms with Crippen LogP contribution in [0.5, 0.6) is 0 Å². The second-order valence-electron chi connectivity index (χ2n) is 4.46. The summed E-state index contributed by atoms with van der Waals surface area (Å²) in [5, 5.41) is 0. The Kier molecular flexibility index (Phi) is 4.11. The lowest BCUT2D eigenvalue weighted by Crippen LogP contribution is -2.17. The van der Waals surface area contributed by atoms with Gasteiger partial charge in [-0.1, -0.05) is 13.0 Å². The number of carbonyl (C=O) groups excluding carboxylic acids is 1. The van der Waals surface area contributed by atoms with Gasteiger partial charge in [0.1, 0.15) is 5.82 Å². The average molecular weight is 313 g/mol. The van der Waals surface area contributed by atoms with Gasteiger partial charge < -0.3 is 5.73 Å². The van der Waals surface area contributed by atoms with E-state index in [1.165, 1.54) is 6.07 Å². The topological polar surface area (TPSA) is 68.9 Å². The van der Waals surface area contributed by atoms with Crippen LogP contribution in [0.25, 0.3) is 11.1 Å². The maximum Gasteiger partial charge on any atom is 0.451 e. The zero-order chi connectivity index (χ0) is 16.5. The Hall–Kier alpha value is -2.51. The number of alkyl halides is 3. The molecule has 22 heavy (non-hydrogen) atoms. The van der Waals surface area contributed by atoms with Crippen molar-refractivity contribution in [2.75, 3.05) is 0 Å². The van der Waals surface area contributed by atoms with E-state index in [9.17, 15) is 22.4 Å². The van der Waals surface area contributed by atoms with Crippen LogP contribution < -0.4 is 5.73 Å². The molecule has 0 radical (unpaired) electrons. The van der Waals surface area contributed by atoms with Crippen LogP contribution >= 0.6 is 0 Å². The number of nitrogens with zero attached hydrogens (tertiary/aromatic N) is 2. The zero-order valence-corrected chi connectivity index (χ0v) is 11.4. The summed E-state index contributed by atoms with van der Waals surface area (Å²) in [6, 6.07) is 2.39. The molecule has 1 aromatic heterocycles. The van der Waals surface area contributed by atoms with Gasteiger partial charge in [-0.15, -0.1) is 0 Å². The molecule has 0 atom stereocenters. The molecular formula is C14H11F4N3O. The minimum Gasteiger partial charge on any atom is -0.365 e. The molecule has 0 unspecified atom stereocenters. The maximum atomic E-state index is 13.7. The summed E-state index contributed by atoms with van der Waals surface area (Å²) in [7, 11) is 0. The second kappa shape index (κ2) is 5.70. The third kappa shape index (κ3) is 2.90. The first-order chi connectivity index (χ1) is 10.3. The number of nitrogens with two attached hydrogens (primary N) is 1. The minimum absolute atomic E-state index is 0.243. The Morgan fingerprint density at radius 1 is 1.23 bits per heavy atom. The van der Waals surface area contributed by atoms with Gasteiger partial charge in [-0.05, 0) is 23.6 Å². The molecule has 0 spiro atoms. The highest BCUT2D eigenvalue weighted by Gasteiger charge is 2.34. The molecule has 2 aromatic rings. The zero-order valence-electron chi connectivity index (χ0n) is 11.4. The number of rotatable bonds is 3. The summed E-state index contributed by atoms with van der Waals surface area (Å²) in [6.07, 6.45) is -2.42.